The van der Waals surface area contributed by atoms with Gasteiger partial charge in [0.1, 0.15) is 11.1 Å². The van der Waals surface area contributed by atoms with Crippen LogP contribution in [0.1, 0.15) is 0 Å². The van der Waals surface area contributed by atoms with E-state index in [4.69, 9.17) is 9.40 Å². The van der Waals surface area contributed by atoms with E-state index in [1.807, 2.05) is 18.2 Å². The summed E-state index contributed by atoms with van der Waals surface area (Å²) in [6.07, 6.45) is 0. The van der Waals surface area contributed by atoms with Gasteiger partial charge in [-0.3, -0.25) is 4.57 Å². The number of nitrogens with zero attached hydrogens (tertiary/aromatic N) is 3. The summed E-state index contributed by atoms with van der Waals surface area (Å²) in [5.74, 6) is 0.885. The van der Waals surface area contributed by atoms with E-state index in [1.54, 1.807) is 0 Å². The summed E-state index contributed by atoms with van der Waals surface area (Å²) in [6, 6.07) is 29.4. The Morgan fingerprint density at radius 2 is 1.37 bits per heavy atom. The average Bonchev–Trinajstić information content (AvgIpc) is 3.43. The number of aryl methyl sites for hydroxylation is 1. The van der Waals surface area contributed by atoms with Crippen molar-refractivity contribution < 1.29 is 4.42 Å². The summed E-state index contributed by atoms with van der Waals surface area (Å²) < 4.78 is 10.8. The molecule has 0 atom stereocenters. The van der Waals surface area contributed by atoms with Crippen molar-refractivity contribution in [3.63, 3.8) is 0 Å². The topological polar surface area (TPSA) is 35.9 Å². The highest BCUT2D eigenvalue weighted by atomic mass is 16.3. The second-order valence-electron chi connectivity index (χ2n) is 7.75. The fourth-order valence-electron chi connectivity index (χ4n) is 4.77. The number of hydrogen-bond donors (Lipinski definition) is 0. The predicted molar refractivity (Wildman–Crippen MR) is 122 cm³/mol. The molecule has 0 N–H and O–H groups in total. The summed E-state index contributed by atoms with van der Waals surface area (Å²) in [7, 11) is 2.07. The first-order chi connectivity index (χ1) is 14.8. The predicted octanol–water partition coefficient (Wildman–Crippen LogP) is 6.57. The molecule has 3 aromatic heterocycles. The summed E-state index contributed by atoms with van der Waals surface area (Å²) in [5, 5.41) is 4.63. The molecule has 7 aromatic rings. The van der Waals surface area contributed by atoms with Gasteiger partial charge in [0.05, 0.1) is 16.6 Å². The van der Waals surface area contributed by atoms with Crippen LogP contribution >= 0.6 is 0 Å². The molecule has 4 heteroatoms. The molecule has 0 saturated heterocycles. The zero-order valence-corrected chi connectivity index (χ0v) is 16.3. The minimum Gasteiger partial charge on any atom is -0.454 e. The Bertz CT molecular complexity index is 1760. The number of fused-ring (bicyclic) bond motifs is 8. The van der Waals surface area contributed by atoms with E-state index >= 15 is 0 Å². The smallest absolute Gasteiger partial charge is 0.215 e. The van der Waals surface area contributed by atoms with Gasteiger partial charge in [-0.05, 0) is 30.3 Å². The molecular weight excluding hydrogens is 370 g/mol. The minimum atomic E-state index is 0.885. The van der Waals surface area contributed by atoms with E-state index in [0.717, 1.165) is 50.0 Å². The highest BCUT2D eigenvalue weighted by molar-refractivity contribution is 6.21. The molecule has 0 aliphatic rings. The van der Waals surface area contributed by atoms with E-state index in [9.17, 15) is 0 Å². The summed E-state index contributed by atoms with van der Waals surface area (Å²) in [5.41, 5.74) is 6.08. The normalized spacial score (nSPS) is 12.2. The highest BCUT2D eigenvalue weighted by Crippen LogP contribution is 2.40. The van der Waals surface area contributed by atoms with Crippen molar-refractivity contribution in [1.82, 2.24) is 14.1 Å². The number of rotatable bonds is 1. The standard InChI is InChI=1S/C26H17N3O/c1-28-22-12-6-4-10-20(22)27-26(28)29-21-11-5-2-8-16(21)18-14-15-19-17-9-3-7-13-23(17)30-25(19)24(18)29/h2-15H,1H3. The molecule has 4 nitrogen and oxygen atoms in total. The lowest BCUT2D eigenvalue weighted by Crippen LogP contribution is -2.03. The van der Waals surface area contributed by atoms with Gasteiger partial charge in [-0.25, -0.2) is 4.98 Å². The van der Waals surface area contributed by atoms with Crippen LogP contribution in [0.25, 0.3) is 60.7 Å². The van der Waals surface area contributed by atoms with Crippen molar-refractivity contribution >= 4 is 54.8 Å². The monoisotopic (exact) mass is 387 g/mol. The first-order valence-corrected chi connectivity index (χ1v) is 10.1. The van der Waals surface area contributed by atoms with Gasteiger partial charge in [0.2, 0.25) is 5.95 Å². The van der Waals surface area contributed by atoms with E-state index in [1.165, 1.54) is 10.8 Å². The number of para-hydroxylation sites is 4. The zero-order valence-electron chi connectivity index (χ0n) is 16.3. The first kappa shape index (κ1) is 15.8. The summed E-state index contributed by atoms with van der Waals surface area (Å²) >= 11 is 0. The number of furan rings is 1. The number of imidazole rings is 1. The molecular formula is C26H17N3O. The molecule has 0 aliphatic heterocycles. The third-order valence-electron chi connectivity index (χ3n) is 6.14. The number of aromatic nitrogens is 3. The van der Waals surface area contributed by atoms with Crippen molar-refractivity contribution in [2.75, 3.05) is 0 Å². The molecule has 0 saturated carbocycles. The SMILES string of the molecule is Cn1c(-n2c3ccccc3c3ccc4c5ccccc5oc4c32)nc2ccccc21. The second kappa shape index (κ2) is 5.51. The molecule has 0 unspecified atom stereocenters. The van der Waals surface area contributed by atoms with Crippen LogP contribution in [0.4, 0.5) is 0 Å². The van der Waals surface area contributed by atoms with Gasteiger partial charge in [0.15, 0.2) is 5.58 Å². The lowest BCUT2D eigenvalue weighted by atomic mass is 10.1. The maximum Gasteiger partial charge on any atom is 0.215 e. The van der Waals surface area contributed by atoms with Crippen molar-refractivity contribution in [2.45, 2.75) is 0 Å². The van der Waals surface area contributed by atoms with Gasteiger partial charge in [0, 0.05) is 28.6 Å². The maximum atomic E-state index is 6.41. The van der Waals surface area contributed by atoms with Gasteiger partial charge in [-0.2, -0.15) is 0 Å². The fraction of sp³-hybridized carbons (Fsp3) is 0.0385. The van der Waals surface area contributed by atoms with Crippen molar-refractivity contribution in [2.24, 2.45) is 7.05 Å². The molecule has 4 aromatic carbocycles. The second-order valence-corrected chi connectivity index (χ2v) is 7.75. The van der Waals surface area contributed by atoms with Crippen LogP contribution in [0.2, 0.25) is 0 Å². The zero-order chi connectivity index (χ0) is 19.8. The number of hydrogen-bond acceptors (Lipinski definition) is 2. The van der Waals surface area contributed by atoms with Crippen LogP contribution in [-0.4, -0.2) is 14.1 Å². The molecule has 3 heterocycles. The van der Waals surface area contributed by atoms with Crippen LogP contribution in [0.5, 0.6) is 0 Å². The first-order valence-electron chi connectivity index (χ1n) is 10.1. The average molecular weight is 387 g/mol. The lowest BCUT2D eigenvalue weighted by Gasteiger charge is -2.07. The van der Waals surface area contributed by atoms with Crippen LogP contribution in [0.15, 0.2) is 89.3 Å². The van der Waals surface area contributed by atoms with E-state index in [0.29, 0.717) is 0 Å². The molecule has 0 fully saturated rings. The molecule has 30 heavy (non-hydrogen) atoms. The van der Waals surface area contributed by atoms with Gasteiger partial charge in [0.25, 0.3) is 0 Å². The lowest BCUT2D eigenvalue weighted by molar-refractivity contribution is 0.670. The molecule has 142 valence electrons. The fourth-order valence-corrected chi connectivity index (χ4v) is 4.77. The molecule has 0 bridgehead atoms. The Morgan fingerprint density at radius 1 is 0.667 bits per heavy atom. The number of benzene rings is 4. The van der Waals surface area contributed by atoms with Crippen LogP contribution in [0.3, 0.4) is 0 Å². The minimum absolute atomic E-state index is 0.885. The largest absolute Gasteiger partial charge is 0.454 e. The summed E-state index contributed by atoms with van der Waals surface area (Å²) in [4.78, 5) is 5.00. The molecule has 0 aliphatic carbocycles. The Morgan fingerprint density at radius 3 is 2.23 bits per heavy atom. The Labute approximate surface area is 171 Å². The van der Waals surface area contributed by atoms with Crippen molar-refractivity contribution in [3.05, 3.63) is 84.9 Å². The molecule has 0 radical (unpaired) electrons. The third-order valence-corrected chi connectivity index (χ3v) is 6.14. The highest BCUT2D eigenvalue weighted by Gasteiger charge is 2.21. The maximum absolute atomic E-state index is 6.41. The van der Waals surface area contributed by atoms with Gasteiger partial charge >= 0.3 is 0 Å². The van der Waals surface area contributed by atoms with E-state index in [-0.39, 0.29) is 0 Å². The van der Waals surface area contributed by atoms with Gasteiger partial charge < -0.3 is 8.98 Å². The van der Waals surface area contributed by atoms with Crippen LogP contribution in [-0.2, 0) is 7.05 Å². The van der Waals surface area contributed by atoms with E-state index < -0.39 is 0 Å². The van der Waals surface area contributed by atoms with E-state index in [2.05, 4.69) is 82.9 Å². The molecule has 0 spiro atoms. The quantitative estimate of drug-likeness (QED) is 0.319. The summed E-state index contributed by atoms with van der Waals surface area (Å²) in [6.45, 7) is 0. The Kier molecular flexibility index (Phi) is 2.91. The Hall–Kier alpha value is -4.05. The van der Waals surface area contributed by atoms with Gasteiger partial charge in [-0.1, -0.05) is 54.6 Å². The molecule has 7 rings (SSSR count). The van der Waals surface area contributed by atoms with Crippen LogP contribution in [0, 0.1) is 0 Å². The van der Waals surface area contributed by atoms with Crippen LogP contribution < -0.4 is 0 Å². The third kappa shape index (κ3) is 1.88. The Balaban J connectivity index is 1.75. The van der Waals surface area contributed by atoms with Crippen molar-refractivity contribution in [1.29, 1.82) is 0 Å². The van der Waals surface area contributed by atoms with Crippen molar-refractivity contribution in [3.8, 4) is 5.95 Å². The molecule has 0 amide bonds. The van der Waals surface area contributed by atoms with Gasteiger partial charge in [-0.15, -0.1) is 0 Å².